The molecule has 0 unspecified atom stereocenters. The number of aromatic nitrogens is 1. The molecule has 0 atom stereocenters. The van der Waals surface area contributed by atoms with Crippen molar-refractivity contribution in [2.24, 2.45) is 12.0 Å². The molecule has 0 radical (unpaired) electrons. The summed E-state index contributed by atoms with van der Waals surface area (Å²) < 4.78 is 1.73. The molecule has 0 spiro atoms. The van der Waals surface area contributed by atoms with E-state index in [1.165, 1.54) is 25.2 Å². The Balaban J connectivity index is 3.04. The summed E-state index contributed by atoms with van der Waals surface area (Å²) in [6.45, 7) is 2.85. The maximum absolute atomic E-state index is 11.3. The van der Waals surface area contributed by atoms with Gasteiger partial charge in [0.1, 0.15) is 5.60 Å². The summed E-state index contributed by atoms with van der Waals surface area (Å²) in [6, 6.07) is 0. The summed E-state index contributed by atoms with van der Waals surface area (Å²) in [5.41, 5.74) is -1.39. The second kappa shape index (κ2) is 3.43. The first-order chi connectivity index (χ1) is 5.91. The molecule has 4 nitrogen and oxygen atoms in total. The predicted molar refractivity (Wildman–Crippen MR) is 50.2 cm³/mol. The molecule has 0 aliphatic heterocycles. The summed E-state index contributed by atoms with van der Waals surface area (Å²) in [5.74, 6) is -0.523. The van der Waals surface area contributed by atoms with Crippen LogP contribution in [0.4, 0.5) is 0 Å². The Labute approximate surface area is 80.2 Å². The topological polar surface area (TPSA) is 54.6 Å². The number of hydrogen-bond donors (Lipinski definition) is 1. The van der Waals surface area contributed by atoms with E-state index in [0.29, 0.717) is 4.80 Å². The first-order valence-corrected chi connectivity index (χ1v) is 4.71. The van der Waals surface area contributed by atoms with E-state index in [1.807, 2.05) is 5.38 Å². The summed E-state index contributed by atoms with van der Waals surface area (Å²) in [6.07, 6.45) is 1.81. The molecule has 0 fully saturated rings. The van der Waals surface area contributed by atoms with Gasteiger partial charge in [-0.3, -0.25) is 4.79 Å². The van der Waals surface area contributed by atoms with Gasteiger partial charge in [-0.15, -0.1) is 11.3 Å². The van der Waals surface area contributed by atoms with Crippen molar-refractivity contribution in [3.8, 4) is 0 Å². The van der Waals surface area contributed by atoms with Gasteiger partial charge in [-0.05, 0) is 13.8 Å². The van der Waals surface area contributed by atoms with Gasteiger partial charge in [0.15, 0.2) is 4.80 Å². The number of rotatable bonds is 1. The molecule has 0 aliphatic carbocycles. The third kappa shape index (κ3) is 2.50. The third-order valence-electron chi connectivity index (χ3n) is 1.48. The van der Waals surface area contributed by atoms with Crippen molar-refractivity contribution in [3.05, 3.63) is 16.4 Å². The number of carbonyl (C=O) groups is 1. The summed E-state index contributed by atoms with van der Waals surface area (Å²) in [7, 11) is 1.80. The van der Waals surface area contributed by atoms with Crippen LogP contribution in [0, 0.1) is 0 Å². The first kappa shape index (κ1) is 10.1. The maximum Gasteiger partial charge on any atom is 0.279 e. The first-order valence-electron chi connectivity index (χ1n) is 3.83. The Morgan fingerprint density at radius 3 is 2.69 bits per heavy atom. The maximum atomic E-state index is 11.3. The average molecular weight is 200 g/mol. The molecule has 0 saturated carbocycles. The smallest absolute Gasteiger partial charge is 0.279 e. The molecule has 0 saturated heterocycles. The van der Waals surface area contributed by atoms with Crippen LogP contribution in [0.2, 0.25) is 0 Å². The third-order valence-corrected chi connectivity index (χ3v) is 2.33. The summed E-state index contributed by atoms with van der Waals surface area (Å²) in [4.78, 5) is 15.6. The Bertz CT molecular complexity index is 370. The van der Waals surface area contributed by atoms with Crippen LogP contribution >= 0.6 is 11.3 Å². The van der Waals surface area contributed by atoms with Crippen LogP contribution in [0.3, 0.4) is 0 Å². The van der Waals surface area contributed by atoms with E-state index in [0.717, 1.165) is 0 Å². The van der Waals surface area contributed by atoms with Gasteiger partial charge in [0.25, 0.3) is 5.91 Å². The van der Waals surface area contributed by atoms with Gasteiger partial charge in [-0.2, -0.15) is 4.99 Å². The lowest BCUT2D eigenvalue weighted by molar-refractivity contribution is -0.132. The van der Waals surface area contributed by atoms with Gasteiger partial charge < -0.3 is 9.67 Å². The zero-order valence-corrected chi connectivity index (χ0v) is 8.63. The van der Waals surface area contributed by atoms with Crippen LogP contribution in [0.15, 0.2) is 16.6 Å². The minimum atomic E-state index is -1.39. The van der Waals surface area contributed by atoms with Crippen molar-refractivity contribution >= 4 is 17.2 Å². The van der Waals surface area contributed by atoms with Crippen molar-refractivity contribution in [1.82, 2.24) is 4.57 Å². The van der Waals surface area contributed by atoms with E-state index in [-0.39, 0.29) is 0 Å². The van der Waals surface area contributed by atoms with E-state index in [1.54, 1.807) is 17.8 Å². The van der Waals surface area contributed by atoms with Gasteiger partial charge in [-0.1, -0.05) is 0 Å². The molecular weight excluding hydrogens is 188 g/mol. The second-order valence-electron chi connectivity index (χ2n) is 3.27. The van der Waals surface area contributed by atoms with Gasteiger partial charge in [0, 0.05) is 18.6 Å². The van der Waals surface area contributed by atoms with E-state index >= 15 is 0 Å². The highest BCUT2D eigenvalue weighted by atomic mass is 32.1. The van der Waals surface area contributed by atoms with Crippen LogP contribution < -0.4 is 4.80 Å². The standard InChI is InChI=1S/C8H12N2O2S/c1-8(2,12)6(11)9-7-10(3)4-5-13-7/h4-5,12H,1-3H3. The molecule has 72 valence electrons. The molecule has 0 bridgehead atoms. The van der Waals surface area contributed by atoms with Gasteiger partial charge in [0.2, 0.25) is 0 Å². The molecule has 1 N–H and O–H groups in total. The summed E-state index contributed by atoms with van der Waals surface area (Å²) >= 11 is 1.36. The van der Waals surface area contributed by atoms with Crippen molar-refractivity contribution in [1.29, 1.82) is 0 Å². The molecule has 1 aromatic heterocycles. The van der Waals surface area contributed by atoms with Crippen LogP contribution in [0.5, 0.6) is 0 Å². The van der Waals surface area contributed by atoms with Crippen molar-refractivity contribution in [2.75, 3.05) is 0 Å². The molecule has 1 aromatic rings. The van der Waals surface area contributed by atoms with Crippen LogP contribution in [-0.4, -0.2) is 21.2 Å². The second-order valence-corrected chi connectivity index (χ2v) is 4.15. The lowest BCUT2D eigenvalue weighted by Gasteiger charge is -2.10. The number of nitrogens with zero attached hydrogens (tertiary/aromatic N) is 2. The number of amides is 1. The van der Waals surface area contributed by atoms with E-state index in [9.17, 15) is 9.90 Å². The lowest BCUT2D eigenvalue weighted by Crippen LogP contribution is -2.31. The Morgan fingerprint density at radius 2 is 2.31 bits per heavy atom. The predicted octanol–water partition coefficient (Wildman–Crippen LogP) is 0.285. The van der Waals surface area contributed by atoms with Crippen molar-refractivity contribution in [2.45, 2.75) is 19.4 Å². The monoisotopic (exact) mass is 200 g/mol. The van der Waals surface area contributed by atoms with Crippen molar-refractivity contribution < 1.29 is 9.90 Å². The molecule has 0 aromatic carbocycles. The molecular formula is C8H12N2O2S. The molecule has 1 rings (SSSR count). The molecule has 5 heteroatoms. The minimum Gasteiger partial charge on any atom is -0.381 e. The van der Waals surface area contributed by atoms with E-state index in [2.05, 4.69) is 4.99 Å². The zero-order chi connectivity index (χ0) is 10.1. The van der Waals surface area contributed by atoms with Crippen LogP contribution in [-0.2, 0) is 11.8 Å². The number of aliphatic hydroxyl groups is 1. The fourth-order valence-corrected chi connectivity index (χ4v) is 1.39. The SMILES string of the molecule is Cn1ccsc1=NC(=O)C(C)(C)O. The van der Waals surface area contributed by atoms with Crippen LogP contribution in [0.1, 0.15) is 13.8 Å². The van der Waals surface area contributed by atoms with Gasteiger partial charge in [-0.25, -0.2) is 0 Å². The van der Waals surface area contributed by atoms with Crippen molar-refractivity contribution in [3.63, 3.8) is 0 Å². The van der Waals surface area contributed by atoms with Gasteiger partial charge >= 0.3 is 0 Å². The number of thiazole rings is 1. The fourth-order valence-electron chi connectivity index (χ4n) is 0.658. The fraction of sp³-hybridized carbons (Fsp3) is 0.500. The Morgan fingerprint density at radius 1 is 1.69 bits per heavy atom. The number of hydrogen-bond acceptors (Lipinski definition) is 3. The highest BCUT2D eigenvalue weighted by Gasteiger charge is 2.22. The van der Waals surface area contributed by atoms with E-state index in [4.69, 9.17) is 0 Å². The Hall–Kier alpha value is -0.940. The number of aryl methyl sites for hydroxylation is 1. The van der Waals surface area contributed by atoms with Crippen LogP contribution in [0.25, 0.3) is 0 Å². The molecule has 1 amide bonds. The lowest BCUT2D eigenvalue weighted by atomic mass is 10.1. The summed E-state index contributed by atoms with van der Waals surface area (Å²) in [5, 5.41) is 11.2. The van der Waals surface area contributed by atoms with E-state index < -0.39 is 11.5 Å². The molecule has 0 aliphatic rings. The zero-order valence-electron chi connectivity index (χ0n) is 7.81. The molecule has 13 heavy (non-hydrogen) atoms. The highest BCUT2D eigenvalue weighted by molar-refractivity contribution is 7.07. The number of carbonyl (C=O) groups excluding carboxylic acids is 1. The van der Waals surface area contributed by atoms with Gasteiger partial charge in [0.05, 0.1) is 0 Å². The largest absolute Gasteiger partial charge is 0.381 e. The Kier molecular flexibility index (Phi) is 2.68. The minimum absolute atomic E-state index is 0.523. The average Bonchev–Trinajstić information content (AvgIpc) is 2.34. The highest BCUT2D eigenvalue weighted by Crippen LogP contribution is 2.02. The quantitative estimate of drug-likeness (QED) is 0.708. The molecule has 1 heterocycles. The normalized spacial score (nSPS) is 13.4.